The van der Waals surface area contributed by atoms with Crippen molar-refractivity contribution in [2.45, 2.75) is 6.18 Å². The maximum atomic E-state index is 14.3. The lowest BCUT2D eigenvalue weighted by atomic mass is 10.0. The first-order chi connectivity index (χ1) is 15.5. The monoisotopic (exact) mass is 487 g/mol. The van der Waals surface area contributed by atoms with E-state index in [9.17, 15) is 36.2 Å². The number of hydrogen-bond donors (Lipinski definition) is 1. The van der Waals surface area contributed by atoms with E-state index in [-0.39, 0.29) is 9.70 Å². The Morgan fingerprint density at radius 3 is 2.42 bits per heavy atom. The molecule has 0 aliphatic heterocycles. The number of hydrogen-bond acceptors (Lipinski definition) is 4. The van der Waals surface area contributed by atoms with Crippen molar-refractivity contribution in [1.29, 1.82) is 0 Å². The number of carboxylic acids is 1. The van der Waals surface area contributed by atoms with Gasteiger partial charge in [0.15, 0.2) is 17.3 Å². The molecule has 6 nitrogen and oxygen atoms in total. The first-order valence-corrected chi connectivity index (χ1v) is 9.17. The molecule has 2 aromatic heterocycles. The highest BCUT2D eigenvalue weighted by atomic mass is 35.5. The number of benzene rings is 2. The number of aromatic carboxylic acids is 1. The predicted molar refractivity (Wildman–Crippen MR) is 101 cm³/mol. The third-order valence-corrected chi connectivity index (χ3v) is 4.84. The van der Waals surface area contributed by atoms with Gasteiger partial charge in [0.05, 0.1) is 22.3 Å². The summed E-state index contributed by atoms with van der Waals surface area (Å²) in [4.78, 5) is 11.9. The number of rotatable bonds is 4. The molecule has 33 heavy (non-hydrogen) atoms. The number of halogens is 7. The van der Waals surface area contributed by atoms with E-state index >= 15 is 0 Å². The summed E-state index contributed by atoms with van der Waals surface area (Å²) >= 11 is 5.93. The highest BCUT2D eigenvalue weighted by Crippen LogP contribution is 2.43. The van der Waals surface area contributed by atoms with Gasteiger partial charge in [-0.2, -0.15) is 18.3 Å². The molecule has 0 radical (unpaired) electrons. The normalized spacial score (nSPS) is 11.7. The molecule has 0 saturated carbocycles. The van der Waals surface area contributed by atoms with Crippen LogP contribution in [0.4, 0.5) is 26.3 Å². The molecule has 170 valence electrons. The van der Waals surface area contributed by atoms with Crippen molar-refractivity contribution in [3.8, 4) is 28.3 Å². The highest BCUT2D eigenvalue weighted by molar-refractivity contribution is 6.33. The van der Waals surface area contributed by atoms with Gasteiger partial charge < -0.3 is 9.63 Å². The zero-order valence-electron chi connectivity index (χ0n) is 15.8. The lowest BCUT2D eigenvalue weighted by Gasteiger charge is -2.13. The minimum atomic E-state index is -5.20. The first-order valence-electron chi connectivity index (χ1n) is 8.79. The Hall–Kier alpha value is -3.80. The summed E-state index contributed by atoms with van der Waals surface area (Å²) in [6.45, 7) is 0. The van der Waals surface area contributed by atoms with Gasteiger partial charge in [0, 0.05) is 6.07 Å². The topological polar surface area (TPSA) is 81.2 Å². The summed E-state index contributed by atoms with van der Waals surface area (Å²) in [6, 6.07) is 5.18. The van der Waals surface area contributed by atoms with Gasteiger partial charge in [-0.1, -0.05) is 22.8 Å². The fourth-order valence-corrected chi connectivity index (χ4v) is 3.44. The van der Waals surface area contributed by atoms with Crippen LogP contribution in [0.15, 0.2) is 47.1 Å². The number of carboxylic acid groups (broad SMARTS) is 1. The largest absolute Gasteiger partial charge is 0.477 e. The van der Waals surface area contributed by atoms with Gasteiger partial charge in [-0.25, -0.2) is 22.6 Å². The molecule has 0 saturated heterocycles. The van der Waals surface area contributed by atoms with E-state index in [2.05, 4.69) is 10.3 Å². The molecule has 2 aromatic carbocycles. The Morgan fingerprint density at radius 1 is 1.09 bits per heavy atom. The van der Waals surface area contributed by atoms with Crippen LogP contribution in [0.1, 0.15) is 16.1 Å². The molecule has 0 aliphatic carbocycles. The van der Waals surface area contributed by atoms with E-state index in [4.69, 9.17) is 16.1 Å². The molecule has 1 N–H and O–H groups in total. The molecule has 0 aliphatic rings. The second-order valence-electron chi connectivity index (χ2n) is 6.55. The summed E-state index contributed by atoms with van der Waals surface area (Å²) in [5.41, 5.74) is -5.39. The molecule has 0 unspecified atom stereocenters. The van der Waals surface area contributed by atoms with Gasteiger partial charge >= 0.3 is 12.1 Å². The Labute approximate surface area is 184 Å². The molecule has 0 amide bonds. The van der Waals surface area contributed by atoms with Gasteiger partial charge in [0.25, 0.3) is 0 Å². The number of alkyl halides is 3. The van der Waals surface area contributed by atoms with Crippen molar-refractivity contribution in [3.05, 3.63) is 76.3 Å². The molecule has 4 rings (SSSR count). The zero-order chi connectivity index (χ0) is 24.1. The van der Waals surface area contributed by atoms with Crippen LogP contribution in [0.5, 0.6) is 0 Å². The van der Waals surface area contributed by atoms with E-state index in [0.29, 0.717) is 12.3 Å². The summed E-state index contributed by atoms with van der Waals surface area (Å²) in [6.07, 6.45) is -4.63. The number of carbonyl (C=O) groups is 1. The fraction of sp³-hybridized carbons (Fsp3) is 0.0500. The smallest absolute Gasteiger partial charge is 0.434 e. The van der Waals surface area contributed by atoms with Gasteiger partial charge in [0.1, 0.15) is 28.6 Å². The van der Waals surface area contributed by atoms with Gasteiger partial charge in [-0.3, -0.25) is 0 Å². The predicted octanol–water partition coefficient (Wildman–Crippen LogP) is 5.98. The van der Waals surface area contributed by atoms with E-state index in [1.165, 1.54) is 12.1 Å². The first kappa shape index (κ1) is 22.4. The van der Waals surface area contributed by atoms with Crippen LogP contribution in [-0.4, -0.2) is 26.0 Å². The molecule has 4 aromatic rings. The third-order valence-electron chi connectivity index (χ3n) is 4.53. The van der Waals surface area contributed by atoms with Gasteiger partial charge in [0.2, 0.25) is 0 Å². The van der Waals surface area contributed by atoms with Crippen molar-refractivity contribution in [2.24, 2.45) is 0 Å². The summed E-state index contributed by atoms with van der Waals surface area (Å²) in [5.74, 6) is -6.10. The lowest BCUT2D eigenvalue weighted by molar-refractivity contribution is -0.142. The van der Waals surface area contributed by atoms with Crippen LogP contribution >= 0.6 is 11.6 Å². The molecular formula is C20H8ClF6N3O3. The number of aromatic nitrogens is 3. The summed E-state index contributed by atoms with van der Waals surface area (Å²) in [5, 5.41) is 16.3. The average molecular weight is 488 g/mol. The Morgan fingerprint density at radius 2 is 1.82 bits per heavy atom. The third kappa shape index (κ3) is 3.82. The fourth-order valence-electron chi connectivity index (χ4n) is 3.19. The second kappa shape index (κ2) is 7.96. The maximum absolute atomic E-state index is 14.3. The van der Waals surface area contributed by atoms with Crippen LogP contribution in [0.3, 0.4) is 0 Å². The molecule has 2 heterocycles. The lowest BCUT2D eigenvalue weighted by Crippen LogP contribution is -2.16. The summed E-state index contributed by atoms with van der Waals surface area (Å²) < 4.78 is 88.6. The van der Waals surface area contributed by atoms with Crippen molar-refractivity contribution in [2.75, 3.05) is 0 Å². The van der Waals surface area contributed by atoms with Crippen molar-refractivity contribution in [1.82, 2.24) is 14.9 Å². The quantitative estimate of drug-likeness (QED) is 0.358. The molecular weight excluding hydrogens is 480 g/mol. The maximum Gasteiger partial charge on any atom is 0.434 e. The zero-order valence-corrected chi connectivity index (χ0v) is 16.5. The van der Waals surface area contributed by atoms with E-state index in [1.54, 1.807) is 0 Å². The number of nitrogens with zero attached hydrogens (tertiary/aromatic N) is 3. The van der Waals surface area contributed by atoms with E-state index < -0.39 is 69.1 Å². The Bertz CT molecular complexity index is 1380. The Kier molecular flexibility index (Phi) is 5.40. The highest BCUT2D eigenvalue weighted by Gasteiger charge is 2.42. The van der Waals surface area contributed by atoms with Crippen LogP contribution in [-0.2, 0) is 6.18 Å². The van der Waals surface area contributed by atoms with Gasteiger partial charge in [-0.05, 0) is 24.3 Å². The van der Waals surface area contributed by atoms with Crippen molar-refractivity contribution >= 4 is 17.6 Å². The SMILES string of the molecule is O=C(O)c1c(-c2c(F)cccc2Cl)noc1-c1cnn(-c2ccc(F)cc2F)c1C(F)(F)F. The van der Waals surface area contributed by atoms with E-state index in [0.717, 1.165) is 18.2 Å². The van der Waals surface area contributed by atoms with Crippen molar-refractivity contribution < 1.29 is 40.8 Å². The molecule has 0 spiro atoms. The molecule has 0 atom stereocenters. The Balaban J connectivity index is 2.00. The second-order valence-corrected chi connectivity index (χ2v) is 6.96. The van der Waals surface area contributed by atoms with E-state index in [1.807, 2.05) is 0 Å². The van der Waals surface area contributed by atoms with Gasteiger partial charge in [-0.15, -0.1) is 0 Å². The van der Waals surface area contributed by atoms with Crippen molar-refractivity contribution in [3.63, 3.8) is 0 Å². The minimum Gasteiger partial charge on any atom is -0.477 e. The molecule has 0 fully saturated rings. The molecule has 13 heteroatoms. The van der Waals surface area contributed by atoms with Crippen LogP contribution in [0, 0.1) is 17.5 Å². The van der Waals surface area contributed by atoms with Crippen LogP contribution in [0.25, 0.3) is 28.3 Å². The average Bonchev–Trinajstić information content (AvgIpc) is 3.32. The summed E-state index contributed by atoms with van der Waals surface area (Å²) in [7, 11) is 0. The van der Waals surface area contributed by atoms with Crippen LogP contribution < -0.4 is 0 Å². The minimum absolute atomic E-state index is 0.119. The molecule has 0 bridgehead atoms. The standard InChI is InChI=1S/C20H8ClF6N3O3/c21-10-2-1-3-11(23)14(10)16-15(19(31)32)17(33-29-16)9-7-28-30(18(9)20(25,26)27)13-5-4-8(22)6-12(13)24/h1-7H,(H,31,32). The van der Waals surface area contributed by atoms with Crippen LogP contribution in [0.2, 0.25) is 5.02 Å².